The first-order chi connectivity index (χ1) is 41.2. The Balaban J connectivity index is 2.61. The van der Waals surface area contributed by atoms with Crippen LogP contribution in [-0.2, 0) is 23.8 Å². The fourth-order valence-electron chi connectivity index (χ4n) is 10.7. The molecule has 0 aliphatic carbocycles. The van der Waals surface area contributed by atoms with E-state index in [-0.39, 0.29) is 19.4 Å². The highest BCUT2D eigenvalue weighted by Gasteiger charge is 2.47. The molecule has 1 rings (SSSR count). The molecule has 11 nitrogen and oxygen atoms in total. The minimum Gasteiger partial charge on any atom is -0.454 e. The van der Waals surface area contributed by atoms with Crippen molar-refractivity contribution in [1.82, 2.24) is 5.32 Å². The van der Waals surface area contributed by atoms with E-state index in [2.05, 4.69) is 86.8 Å². The van der Waals surface area contributed by atoms with Gasteiger partial charge in [0.2, 0.25) is 5.91 Å². The minimum atomic E-state index is -1.62. The van der Waals surface area contributed by atoms with E-state index in [1.54, 1.807) is 6.08 Å². The van der Waals surface area contributed by atoms with Crippen molar-refractivity contribution in [3.8, 4) is 0 Å². The van der Waals surface area contributed by atoms with Crippen LogP contribution in [0.5, 0.6) is 0 Å². The van der Waals surface area contributed by atoms with Crippen LogP contribution in [0.15, 0.2) is 72.9 Å². The molecule has 1 fully saturated rings. The summed E-state index contributed by atoms with van der Waals surface area (Å²) in [5, 5.41) is 57.2. The van der Waals surface area contributed by atoms with Crippen LogP contribution in [0.1, 0.15) is 316 Å². The zero-order chi connectivity index (χ0) is 61.0. The number of nitrogens with one attached hydrogen (secondary N) is 1. The minimum absolute atomic E-state index is 0.101. The third kappa shape index (κ3) is 47.2. The Labute approximate surface area is 515 Å². The Hall–Kier alpha value is -2.90. The van der Waals surface area contributed by atoms with Gasteiger partial charge in [-0.2, -0.15) is 0 Å². The largest absolute Gasteiger partial charge is 0.454 e. The van der Waals surface area contributed by atoms with Crippen molar-refractivity contribution in [2.75, 3.05) is 13.2 Å². The Morgan fingerprint density at radius 2 is 0.821 bits per heavy atom. The van der Waals surface area contributed by atoms with Crippen LogP contribution in [0, 0.1) is 0 Å². The lowest BCUT2D eigenvalue weighted by Gasteiger charge is -2.41. The van der Waals surface area contributed by atoms with Gasteiger partial charge in [-0.3, -0.25) is 9.59 Å². The van der Waals surface area contributed by atoms with Crippen molar-refractivity contribution in [3.05, 3.63) is 72.9 Å². The number of unbranched alkanes of at least 4 members (excludes halogenated alkanes) is 36. The molecule has 0 aromatic heterocycles. The average molecular weight is 1180 g/mol. The molecule has 8 unspecified atom stereocenters. The SMILES string of the molecule is CCCCC/C=C\C/C=C\C/C=C\C/C=C\CCCCCCCC(=O)OC1C(OCC(NC(=O)C(O)CCCCCCCCCCCCCC/C=C/CCCCCCCC)C(O)/C=C/CCCCCCCCCCCC)OC(CO)C(O)C1O. The van der Waals surface area contributed by atoms with Gasteiger partial charge in [0.05, 0.1) is 25.4 Å². The van der Waals surface area contributed by atoms with Crippen LogP contribution in [0.4, 0.5) is 0 Å². The van der Waals surface area contributed by atoms with Crippen molar-refractivity contribution in [3.63, 3.8) is 0 Å². The van der Waals surface area contributed by atoms with Crippen molar-refractivity contribution < 1.29 is 49.3 Å². The monoisotopic (exact) mass is 1180 g/mol. The highest BCUT2D eigenvalue weighted by atomic mass is 16.7. The van der Waals surface area contributed by atoms with E-state index in [0.717, 1.165) is 89.9 Å². The van der Waals surface area contributed by atoms with Crippen LogP contribution in [0.2, 0.25) is 0 Å². The van der Waals surface area contributed by atoms with Gasteiger partial charge in [-0.1, -0.05) is 286 Å². The predicted octanol–water partition coefficient (Wildman–Crippen LogP) is 17.9. The van der Waals surface area contributed by atoms with Gasteiger partial charge < -0.3 is 45.1 Å². The molecule has 1 aliphatic heterocycles. The number of allylic oxidation sites excluding steroid dienone is 11. The number of aliphatic hydroxyl groups is 5. The van der Waals surface area contributed by atoms with Crippen molar-refractivity contribution in [2.45, 2.75) is 365 Å². The maximum Gasteiger partial charge on any atom is 0.306 e. The molecule has 0 spiro atoms. The molecular weight excluding hydrogens is 1050 g/mol. The number of esters is 1. The highest BCUT2D eigenvalue weighted by molar-refractivity contribution is 5.80. The number of hydrogen-bond acceptors (Lipinski definition) is 10. The number of ether oxygens (including phenoxy) is 3. The van der Waals surface area contributed by atoms with Crippen LogP contribution in [0.3, 0.4) is 0 Å². The first-order valence-corrected chi connectivity index (χ1v) is 35.2. The fourth-order valence-corrected chi connectivity index (χ4v) is 10.7. The van der Waals surface area contributed by atoms with Gasteiger partial charge >= 0.3 is 5.97 Å². The lowest BCUT2D eigenvalue weighted by atomic mass is 9.99. The third-order valence-electron chi connectivity index (χ3n) is 16.3. The van der Waals surface area contributed by atoms with E-state index in [4.69, 9.17) is 14.2 Å². The molecule has 1 saturated heterocycles. The molecule has 0 radical (unpaired) electrons. The maximum atomic E-state index is 13.5. The van der Waals surface area contributed by atoms with Gasteiger partial charge in [0.25, 0.3) is 0 Å². The molecule has 0 bridgehead atoms. The molecule has 1 heterocycles. The normalized spacial score (nSPS) is 18.9. The van der Waals surface area contributed by atoms with E-state index in [9.17, 15) is 35.1 Å². The molecule has 0 saturated carbocycles. The summed E-state index contributed by atoms with van der Waals surface area (Å²) >= 11 is 0. The van der Waals surface area contributed by atoms with E-state index in [0.29, 0.717) is 12.8 Å². The lowest BCUT2D eigenvalue weighted by Crippen LogP contribution is -2.61. The van der Waals surface area contributed by atoms with Crippen molar-refractivity contribution in [1.29, 1.82) is 0 Å². The summed E-state index contributed by atoms with van der Waals surface area (Å²) in [5.41, 5.74) is 0. The molecule has 0 aromatic rings. The van der Waals surface area contributed by atoms with Crippen LogP contribution in [-0.4, -0.2) is 99.6 Å². The third-order valence-corrected chi connectivity index (χ3v) is 16.3. The molecule has 0 aromatic carbocycles. The summed E-state index contributed by atoms with van der Waals surface area (Å²) in [4.78, 5) is 26.7. The number of amides is 1. The van der Waals surface area contributed by atoms with Gasteiger partial charge in [-0.15, -0.1) is 0 Å². The first-order valence-electron chi connectivity index (χ1n) is 35.2. The Morgan fingerprint density at radius 1 is 0.464 bits per heavy atom. The molecule has 11 heteroatoms. The first kappa shape index (κ1) is 79.1. The number of rotatable bonds is 60. The second-order valence-electron chi connectivity index (χ2n) is 24.3. The predicted molar refractivity (Wildman–Crippen MR) is 352 cm³/mol. The smallest absolute Gasteiger partial charge is 0.306 e. The van der Waals surface area contributed by atoms with E-state index in [1.165, 1.54) is 180 Å². The summed E-state index contributed by atoms with van der Waals surface area (Å²) in [5.74, 6) is -1.21. The summed E-state index contributed by atoms with van der Waals surface area (Å²) in [6.07, 6.45) is 67.9. The van der Waals surface area contributed by atoms with Crippen molar-refractivity contribution in [2.24, 2.45) is 0 Å². The van der Waals surface area contributed by atoms with Gasteiger partial charge in [0, 0.05) is 6.42 Å². The maximum absolute atomic E-state index is 13.5. The molecule has 1 aliphatic rings. The Morgan fingerprint density at radius 3 is 1.26 bits per heavy atom. The summed E-state index contributed by atoms with van der Waals surface area (Å²) < 4.78 is 17.7. The Kier molecular flexibility index (Phi) is 56.9. The zero-order valence-electron chi connectivity index (χ0n) is 54.3. The second-order valence-corrected chi connectivity index (χ2v) is 24.3. The standard InChI is InChI=1S/C73H131NO10/c1-4-7-10-13-16-19-22-25-27-29-31-33-35-36-38-40-42-45-48-51-54-57-60-66(77)72(81)74-64(65(76)59-56-53-50-47-44-24-21-18-15-12-9-6-3)63-82-73-71(70(80)69(79)67(62-75)83-73)84-68(78)61-58-55-52-49-46-43-41-39-37-34-32-30-28-26-23-20-17-14-11-8-5-2/h17,20,25-28,32,34,39,41,56,59,64-67,69-71,73,75-77,79-80H,4-16,18-19,21-24,29-31,33,35-38,40,42-55,57-58,60-63H2,1-3H3,(H,74,81)/b20-17-,27-25+,28-26-,34-32-,41-39-,59-56+. The zero-order valence-corrected chi connectivity index (χ0v) is 54.3. The van der Waals surface area contributed by atoms with E-state index >= 15 is 0 Å². The molecule has 488 valence electrons. The van der Waals surface area contributed by atoms with E-state index < -0.39 is 67.4 Å². The van der Waals surface area contributed by atoms with Gasteiger partial charge in [0.1, 0.15) is 24.4 Å². The summed E-state index contributed by atoms with van der Waals surface area (Å²) in [7, 11) is 0. The van der Waals surface area contributed by atoms with Crippen molar-refractivity contribution >= 4 is 11.9 Å². The lowest BCUT2D eigenvalue weighted by molar-refractivity contribution is -0.305. The Bertz CT molecular complexity index is 1640. The molecule has 8 atom stereocenters. The van der Waals surface area contributed by atoms with Crippen LogP contribution < -0.4 is 5.32 Å². The second kappa shape index (κ2) is 60.4. The quantitative estimate of drug-likeness (QED) is 0.0195. The van der Waals surface area contributed by atoms with E-state index in [1.807, 2.05) is 6.08 Å². The summed E-state index contributed by atoms with van der Waals surface area (Å²) in [6.45, 7) is 5.78. The van der Waals surface area contributed by atoms with Gasteiger partial charge in [0.15, 0.2) is 12.4 Å². The number of hydrogen-bond donors (Lipinski definition) is 6. The van der Waals surface area contributed by atoms with Gasteiger partial charge in [-0.25, -0.2) is 0 Å². The summed E-state index contributed by atoms with van der Waals surface area (Å²) in [6, 6.07) is -1.03. The van der Waals surface area contributed by atoms with Crippen LogP contribution >= 0.6 is 0 Å². The number of carbonyl (C=O) groups excluding carboxylic acids is 2. The molecule has 1 amide bonds. The number of aliphatic hydroxyl groups excluding tert-OH is 5. The molecular formula is C73H131NO10. The van der Waals surface area contributed by atoms with Crippen LogP contribution in [0.25, 0.3) is 0 Å². The topological polar surface area (TPSA) is 175 Å². The highest BCUT2D eigenvalue weighted by Crippen LogP contribution is 2.26. The molecule has 84 heavy (non-hydrogen) atoms. The molecule has 6 N–H and O–H groups in total. The average Bonchev–Trinajstić information content (AvgIpc) is 3.69. The number of carbonyl (C=O) groups is 2. The fraction of sp³-hybridized carbons (Fsp3) is 0.808. The van der Waals surface area contributed by atoms with Gasteiger partial charge in [-0.05, 0) is 96.3 Å².